The second-order valence-electron chi connectivity index (χ2n) is 8.76. The van der Waals surface area contributed by atoms with Crippen LogP contribution in [-0.4, -0.2) is 42.9 Å². The van der Waals surface area contributed by atoms with Gasteiger partial charge in [0.15, 0.2) is 5.76 Å². The van der Waals surface area contributed by atoms with Gasteiger partial charge in [0.25, 0.3) is 11.8 Å². The van der Waals surface area contributed by atoms with Gasteiger partial charge in [-0.3, -0.25) is 14.5 Å². The molecule has 7 heteroatoms. The van der Waals surface area contributed by atoms with Crippen molar-refractivity contribution in [2.75, 3.05) is 41.7 Å². The summed E-state index contributed by atoms with van der Waals surface area (Å²) in [7, 11) is 0. The van der Waals surface area contributed by atoms with Crippen molar-refractivity contribution in [2.45, 2.75) is 6.54 Å². The standard InChI is InChI=1S/C29H28N4O3/c34-28(23-8-10-24(11-9-23)31-29(35)27-7-4-20-36-27)30-25-12-14-26(15-13-25)33-18-16-32(17-19-33)21-22-5-2-1-3-6-22/h1-15,20H,16-19,21H2,(H,30,34)(H,31,35). The minimum Gasteiger partial charge on any atom is -0.459 e. The fourth-order valence-corrected chi connectivity index (χ4v) is 4.27. The summed E-state index contributed by atoms with van der Waals surface area (Å²) < 4.78 is 5.09. The molecule has 0 radical (unpaired) electrons. The highest BCUT2D eigenvalue weighted by Crippen LogP contribution is 2.21. The quantitative estimate of drug-likeness (QED) is 0.385. The molecule has 0 saturated carbocycles. The van der Waals surface area contributed by atoms with Gasteiger partial charge in [-0.2, -0.15) is 0 Å². The Morgan fingerprint density at radius 2 is 1.33 bits per heavy atom. The summed E-state index contributed by atoms with van der Waals surface area (Å²) >= 11 is 0. The molecule has 1 saturated heterocycles. The Balaban J connectivity index is 1.11. The van der Waals surface area contributed by atoms with Gasteiger partial charge in [-0.15, -0.1) is 0 Å². The Bertz CT molecular complexity index is 1280. The van der Waals surface area contributed by atoms with Crippen LogP contribution in [0.5, 0.6) is 0 Å². The molecule has 0 bridgehead atoms. The van der Waals surface area contributed by atoms with E-state index < -0.39 is 0 Å². The van der Waals surface area contributed by atoms with Crippen LogP contribution in [0.3, 0.4) is 0 Å². The van der Waals surface area contributed by atoms with Crippen LogP contribution >= 0.6 is 0 Å². The zero-order valence-corrected chi connectivity index (χ0v) is 19.9. The van der Waals surface area contributed by atoms with E-state index in [0.717, 1.165) is 44.1 Å². The maximum absolute atomic E-state index is 12.7. The lowest BCUT2D eigenvalue weighted by Crippen LogP contribution is -2.45. The largest absolute Gasteiger partial charge is 0.459 e. The van der Waals surface area contributed by atoms with Gasteiger partial charge in [-0.1, -0.05) is 30.3 Å². The molecule has 0 aliphatic carbocycles. The minimum absolute atomic E-state index is 0.207. The van der Waals surface area contributed by atoms with Crippen molar-refractivity contribution in [2.24, 2.45) is 0 Å². The number of furan rings is 1. The Morgan fingerprint density at radius 1 is 0.694 bits per heavy atom. The lowest BCUT2D eigenvalue weighted by Gasteiger charge is -2.36. The van der Waals surface area contributed by atoms with Crippen LogP contribution in [0.25, 0.3) is 0 Å². The van der Waals surface area contributed by atoms with Gasteiger partial charge < -0.3 is 20.0 Å². The van der Waals surface area contributed by atoms with Crippen LogP contribution in [0.4, 0.5) is 17.1 Å². The summed E-state index contributed by atoms with van der Waals surface area (Å²) in [5.74, 6) is -0.314. The third-order valence-electron chi connectivity index (χ3n) is 6.26. The fourth-order valence-electron chi connectivity index (χ4n) is 4.27. The molecule has 3 aromatic carbocycles. The normalized spacial score (nSPS) is 13.8. The molecule has 1 fully saturated rings. The third kappa shape index (κ3) is 5.82. The maximum Gasteiger partial charge on any atom is 0.291 e. The molecule has 182 valence electrons. The molecule has 2 amide bonds. The summed E-state index contributed by atoms with van der Waals surface area (Å²) in [5, 5.41) is 5.68. The number of nitrogens with zero attached hydrogens (tertiary/aromatic N) is 2. The monoisotopic (exact) mass is 480 g/mol. The van der Waals surface area contributed by atoms with Crippen LogP contribution in [0, 0.1) is 0 Å². The van der Waals surface area contributed by atoms with E-state index >= 15 is 0 Å². The summed E-state index contributed by atoms with van der Waals surface area (Å²) in [6.07, 6.45) is 1.45. The van der Waals surface area contributed by atoms with E-state index in [9.17, 15) is 9.59 Å². The van der Waals surface area contributed by atoms with Gasteiger partial charge in [0.1, 0.15) is 0 Å². The zero-order valence-electron chi connectivity index (χ0n) is 19.9. The smallest absolute Gasteiger partial charge is 0.291 e. The first-order valence-electron chi connectivity index (χ1n) is 12.0. The maximum atomic E-state index is 12.7. The summed E-state index contributed by atoms with van der Waals surface area (Å²) in [6.45, 7) is 4.97. The molecule has 0 spiro atoms. The Morgan fingerprint density at radius 3 is 1.97 bits per heavy atom. The second-order valence-corrected chi connectivity index (χ2v) is 8.76. The number of rotatable bonds is 7. The molecule has 2 N–H and O–H groups in total. The first kappa shape index (κ1) is 23.4. The summed E-state index contributed by atoms with van der Waals surface area (Å²) in [5.41, 5.74) is 4.33. The van der Waals surface area contributed by atoms with E-state index in [4.69, 9.17) is 4.42 Å². The molecule has 0 atom stereocenters. The van der Waals surface area contributed by atoms with Gasteiger partial charge in [-0.25, -0.2) is 0 Å². The number of nitrogens with one attached hydrogen (secondary N) is 2. The van der Waals surface area contributed by atoms with Gasteiger partial charge >= 0.3 is 0 Å². The third-order valence-corrected chi connectivity index (χ3v) is 6.26. The van der Waals surface area contributed by atoms with Gasteiger partial charge in [0.05, 0.1) is 6.26 Å². The lowest BCUT2D eigenvalue weighted by atomic mass is 10.1. The van der Waals surface area contributed by atoms with Crippen molar-refractivity contribution >= 4 is 28.9 Å². The number of benzene rings is 3. The van der Waals surface area contributed by atoms with Crippen molar-refractivity contribution in [3.63, 3.8) is 0 Å². The number of carbonyl (C=O) groups excluding carboxylic acids is 2. The van der Waals surface area contributed by atoms with E-state index in [1.165, 1.54) is 11.8 Å². The molecular weight excluding hydrogens is 452 g/mol. The van der Waals surface area contributed by atoms with Crippen molar-refractivity contribution < 1.29 is 14.0 Å². The summed E-state index contributed by atoms with van der Waals surface area (Å²) in [4.78, 5) is 29.6. The number of amides is 2. The molecule has 1 aliphatic heterocycles. The Labute approximate surface area is 210 Å². The molecule has 2 heterocycles. The fraction of sp³-hybridized carbons (Fsp3) is 0.172. The highest BCUT2D eigenvalue weighted by Gasteiger charge is 2.17. The molecule has 1 aliphatic rings. The lowest BCUT2D eigenvalue weighted by molar-refractivity contribution is 0.0995. The summed E-state index contributed by atoms with van der Waals surface area (Å²) in [6, 6.07) is 28.5. The highest BCUT2D eigenvalue weighted by atomic mass is 16.3. The average Bonchev–Trinajstić information content (AvgIpc) is 3.46. The number of anilines is 3. The number of carbonyl (C=O) groups is 2. The predicted molar refractivity (Wildman–Crippen MR) is 141 cm³/mol. The van der Waals surface area contributed by atoms with Crippen LogP contribution in [-0.2, 0) is 6.54 Å². The van der Waals surface area contributed by atoms with Crippen molar-refractivity contribution in [3.05, 3.63) is 114 Å². The van der Waals surface area contributed by atoms with Crippen molar-refractivity contribution in [1.82, 2.24) is 4.90 Å². The van der Waals surface area contributed by atoms with E-state index in [2.05, 4.69) is 62.9 Å². The second kappa shape index (κ2) is 10.9. The number of hydrogen-bond acceptors (Lipinski definition) is 5. The molecule has 0 unspecified atom stereocenters. The van der Waals surface area contributed by atoms with E-state index in [-0.39, 0.29) is 17.6 Å². The van der Waals surface area contributed by atoms with E-state index in [1.807, 2.05) is 12.1 Å². The molecule has 5 rings (SSSR count). The average molecular weight is 481 g/mol. The SMILES string of the molecule is O=C(Nc1ccc(N2CCN(Cc3ccccc3)CC2)cc1)c1ccc(NC(=O)c2ccco2)cc1. The zero-order chi connectivity index (χ0) is 24.7. The van der Waals surface area contributed by atoms with E-state index in [1.54, 1.807) is 36.4 Å². The van der Waals surface area contributed by atoms with Gasteiger partial charge in [0, 0.05) is 55.3 Å². The first-order chi connectivity index (χ1) is 17.6. The first-order valence-corrected chi connectivity index (χ1v) is 12.0. The highest BCUT2D eigenvalue weighted by molar-refractivity contribution is 6.05. The van der Waals surface area contributed by atoms with Crippen molar-refractivity contribution in [1.29, 1.82) is 0 Å². The minimum atomic E-state index is -0.338. The van der Waals surface area contributed by atoms with Crippen LogP contribution < -0.4 is 15.5 Å². The Hall–Kier alpha value is -4.36. The molecular formula is C29H28N4O3. The Kier molecular flexibility index (Phi) is 7.10. The number of hydrogen-bond donors (Lipinski definition) is 2. The van der Waals surface area contributed by atoms with Crippen molar-refractivity contribution in [3.8, 4) is 0 Å². The number of piperazine rings is 1. The van der Waals surface area contributed by atoms with Gasteiger partial charge in [0.2, 0.25) is 0 Å². The van der Waals surface area contributed by atoms with Crippen LogP contribution in [0.15, 0.2) is 102 Å². The molecule has 7 nitrogen and oxygen atoms in total. The molecule has 1 aromatic heterocycles. The molecule has 4 aromatic rings. The van der Waals surface area contributed by atoms with Gasteiger partial charge in [-0.05, 0) is 66.2 Å². The predicted octanol–water partition coefficient (Wildman–Crippen LogP) is 5.11. The van der Waals surface area contributed by atoms with Crippen LogP contribution in [0.1, 0.15) is 26.5 Å². The van der Waals surface area contributed by atoms with Crippen LogP contribution in [0.2, 0.25) is 0 Å². The molecule has 36 heavy (non-hydrogen) atoms. The van der Waals surface area contributed by atoms with E-state index in [0.29, 0.717) is 11.3 Å². The topological polar surface area (TPSA) is 77.8 Å².